The molecule has 0 unspecified atom stereocenters. The van der Waals surface area contributed by atoms with E-state index in [4.69, 9.17) is 10.5 Å². The van der Waals surface area contributed by atoms with Crippen LogP contribution in [-0.4, -0.2) is 16.2 Å². The van der Waals surface area contributed by atoms with E-state index in [-0.39, 0.29) is 11.5 Å². The van der Waals surface area contributed by atoms with Crippen LogP contribution in [0.4, 0.5) is 5.69 Å². The predicted molar refractivity (Wildman–Crippen MR) is 107 cm³/mol. The molecule has 0 aliphatic rings. The molecule has 0 bridgehead atoms. The number of rotatable bonds is 5. The number of amides is 2. The van der Waals surface area contributed by atoms with Crippen LogP contribution in [0, 0.1) is 0 Å². The van der Waals surface area contributed by atoms with Crippen LogP contribution < -0.4 is 15.8 Å². The number of para-hydroxylation sites is 1. The second kappa shape index (κ2) is 7.28. The highest BCUT2D eigenvalue weighted by atomic mass is 16.5. The van der Waals surface area contributed by atoms with Gasteiger partial charge in [0.25, 0.3) is 11.8 Å². The fraction of sp³-hybridized carbons (Fsp3) is 0. The summed E-state index contributed by atoms with van der Waals surface area (Å²) in [6.07, 6.45) is 3.66. The van der Waals surface area contributed by atoms with Crippen LogP contribution in [0.5, 0.6) is 11.5 Å². The molecule has 2 aromatic heterocycles. The Labute approximate surface area is 161 Å². The molecule has 28 heavy (non-hydrogen) atoms. The third-order valence-electron chi connectivity index (χ3n) is 4.24. The average Bonchev–Trinajstić information content (AvgIpc) is 3.13. The minimum Gasteiger partial charge on any atom is -0.456 e. The number of carbonyl (C=O) groups is 2. The molecule has 3 N–H and O–H groups in total. The molecule has 4 rings (SSSR count). The second-order valence-electron chi connectivity index (χ2n) is 6.21. The van der Waals surface area contributed by atoms with Crippen molar-refractivity contribution in [2.75, 3.05) is 5.32 Å². The highest BCUT2D eigenvalue weighted by molar-refractivity contribution is 6.05. The van der Waals surface area contributed by atoms with E-state index in [9.17, 15) is 9.59 Å². The predicted octanol–water partition coefficient (Wildman–Crippen LogP) is 4.08. The maximum Gasteiger partial charge on any atom is 0.257 e. The molecule has 6 heteroatoms. The van der Waals surface area contributed by atoms with E-state index >= 15 is 0 Å². The monoisotopic (exact) mass is 371 g/mol. The topological polar surface area (TPSA) is 85.8 Å². The molecule has 0 atom stereocenters. The highest BCUT2D eigenvalue weighted by Crippen LogP contribution is 2.27. The molecule has 0 saturated carbocycles. The van der Waals surface area contributed by atoms with E-state index < -0.39 is 5.91 Å². The van der Waals surface area contributed by atoms with Crippen LogP contribution >= 0.6 is 0 Å². The Morgan fingerprint density at radius 2 is 1.75 bits per heavy atom. The fourth-order valence-electron chi connectivity index (χ4n) is 2.91. The molecule has 2 heterocycles. The lowest BCUT2D eigenvalue weighted by molar-refractivity contribution is 0.0995. The summed E-state index contributed by atoms with van der Waals surface area (Å²) >= 11 is 0. The molecule has 6 nitrogen and oxygen atoms in total. The summed E-state index contributed by atoms with van der Waals surface area (Å²) in [5.41, 5.74) is 7.74. The maximum atomic E-state index is 12.6. The number of aromatic nitrogens is 1. The lowest BCUT2D eigenvalue weighted by Gasteiger charge is -2.10. The standard InChI is InChI=1S/C22H17N3O3/c23-21(26)19-9-1-2-10-20(19)28-18-8-5-6-16(13-18)24-22(27)15-12-17-7-3-4-11-25(17)14-15/h1-14H,(H2,23,26)(H,24,27). The first-order valence-corrected chi connectivity index (χ1v) is 8.65. The lowest BCUT2D eigenvalue weighted by atomic mass is 10.2. The number of nitrogens with two attached hydrogens (primary N) is 1. The largest absolute Gasteiger partial charge is 0.456 e. The van der Waals surface area contributed by atoms with Gasteiger partial charge in [0.2, 0.25) is 0 Å². The van der Waals surface area contributed by atoms with E-state index in [2.05, 4.69) is 5.32 Å². The number of hydrogen-bond donors (Lipinski definition) is 2. The SMILES string of the molecule is NC(=O)c1ccccc1Oc1cccc(NC(=O)c2cc3ccccn3c2)c1. The van der Waals surface area contributed by atoms with Gasteiger partial charge in [0.15, 0.2) is 0 Å². The van der Waals surface area contributed by atoms with E-state index in [0.29, 0.717) is 22.7 Å². The van der Waals surface area contributed by atoms with E-state index in [0.717, 1.165) is 5.52 Å². The van der Waals surface area contributed by atoms with Crippen molar-refractivity contribution in [3.8, 4) is 11.5 Å². The van der Waals surface area contributed by atoms with E-state index in [1.165, 1.54) is 0 Å². The van der Waals surface area contributed by atoms with Gasteiger partial charge >= 0.3 is 0 Å². The van der Waals surface area contributed by atoms with Gasteiger partial charge in [-0.2, -0.15) is 0 Å². The zero-order valence-corrected chi connectivity index (χ0v) is 14.8. The van der Waals surface area contributed by atoms with Crippen LogP contribution in [0.15, 0.2) is 85.2 Å². The van der Waals surface area contributed by atoms with Gasteiger partial charge in [-0.25, -0.2) is 0 Å². The summed E-state index contributed by atoms with van der Waals surface area (Å²) in [7, 11) is 0. The Morgan fingerprint density at radius 3 is 2.57 bits per heavy atom. The summed E-state index contributed by atoms with van der Waals surface area (Å²) in [6.45, 7) is 0. The number of nitrogens with one attached hydrogen (secondary N) is 1. The smallest absolute Gasteiger partial charge is 0.257 e. The van der Waals surface area contributed by atoms with Crippen LogP contribution in [0.25, 0.3) is 5.52 Å². The number of carbonyl (C=O) groups excluding carboxylic acids is 2. The summed E-state index contributed by atoms with van der Waals surface area (Å²) in [5, 5.41) is 2.86. The molecule has 0 fully saturated rings. The van der Waals surface area contributed by atoms with Crippen molar-refractivity contribution in [2.45, 2.75) is 0 Å². The molecule has 0 aliphatic carbocycles. The van der Waals surface area contributed by atoms with Gasteiger partial charge in [-0.3, -0.25) is 9.59 Å². The van der Waals surface area contributed by atoms with E-state index in [1.54, 1.807) is 54.7 Å². The lowest BCUT2D eigenvalue weighted by Crippen LogP contribution is -2.12. The molecule has 138 valence electrons. The first-order chi connectivity index (χ1) is 13.6. The normalized spacial score (nSPS) is 10.6. The molecular weight excluding hydrogens is 354 g/mol. The fourth-order valence-corrected chi connectivity index (χ4v) is 2.91. The first-order valence-electron chi connectivity index (χ1n) is 8.65. The first kappa shape index (κ1) is 17.4. The Morgan fingerprint density at radius 1 is 0.929 bits per heavy atom. The quantitative estimate of drug-likeness (QED) is 0.554. The summed E-state index contributed by atoms with van der Waals surface area (Å²) in [4.78, 5) is 24.1. The van der Waals surface area contributed by atoms with Gasteiger partial charge in [0.05, 0.1) is 11.1 Å². The van der Waals surface area contributed by atoms with Gasteiger partial charge in [-0.15, -0.1) is 0 Å². The van der Waals surface area contributed by atoms with Crippen LogP contribution in [0.2, 0.25) is 0 Å². The van der Waals surface area contributed by atoms with Gasteiger partial charge in [0, 0.05) is 29.7 Å². The van der Waals surface area contributed by atoms with Gasteiger partial charge in [-0.1, -0.05) is 24.3 Å². The Kier molecular flexibility index (Phi) is 4.51. The van der Waals surface area contributed by atoms with Crippen molar-refractivity contribution in [3.05, 3.63) is 96.3 Å². The van der Waals surface area contributed by atoms with Gasteiger partial charge in [0.1, 0.15) is 11.5 Å². The summed E-state index contributed by atoms with van der Waals surface area (Å²) < 4.78 is 7.67. The average molecular weight is 371 g/mol. The molecule has 0 saturated heterocycles. The minimum absolute atomic E-state index is 0.224. The summed E-state index contributed by atoms with van der Waals surface area (Å²) in [6, 6.07) is 21.2. The molecule has 2 aromatic carbocycles. The van der Waals surface area contributed by atoms with Crippen LogP contribution in [0.3, 0.4) is 0 Å². The number of anilines is 1. The number of nitrogens with zero attached hydrogens (tertiary/aromatic N) is 1. The number of fused-ring (bicyclic) bond motifs is 1. The van der Waals surface area contributed by atoms with Crippen molar-refractivity contribution < 1.29 is 14.3 Å². The third-order valence-corrected chi connectivity index (χ3v) is 4.24. The molecule has 0 aliphatic heterocycles. The van der Waals surface area contributed by atoms with Crippen molar-refractivity contribution in [3.63, 3.8) is 0 Å². The minimum atomic E-state index is -0.569. The Balaban J connectivity index is 1.54. The molecule has 4 aromatic rings. The zero-order chi connectivity index (χ0) is 19.5. The Hall–Kier alpha value is -4.06. The van der Waals surface area contributed by atoms with Gasteiger partial charge < -0.3 is 20.2 Å². The highest BCUT2D eigenvalue weighted by Gasteiger charge is 2.11. The third kappa shape index (κ3) is 3.57. The number of hydrogen-bond acceptors (Lipinski definition) is 3. The molecule has 0 spiro atoms. The van der Waals surface area contributed by atoms with Crippen molar-refractivity contribution in [1.82, 2.24) is 4.40 Å². The number of ether oxygens (including phenoxy) is 1. The number of primary amides is 1. The summed E-state index contributed by atoms with van der Waals surface area (Å²) in [5.74, 6) is 0.0462. The second-order valence-corrected chi connectivity index (χ2v) is 6.21. The van der Waals surface area contributed by atoms with Gasteiger partial charge in [-0.05, 0) is 42.5 Å². The number of pyridine rings is 1. The van der Waals surface area contributed by atoms with Crippen molar-refractivity contribution in [1.29, 1.82) is 0 Å². The van der Waals surface area contributed by atoms with Crippen LogP contribution in [0.1, 0.15) is 20.7 Å². The Bertz CT molecular complexity index is 1150. The maximum absolute atomic E-state index is 12.6. The van der Waals surface area contributed by atoms with E-state index in [1.807, 2.05) is 34.9 Å². The van der Waals surface area contributed by atoms with Crippen molar-refractivity contribution >= 4 is 23.0 Å². The number of benzene rings is 2. The molecule has 0 radical (unpaired) electrons. The zero-order valence-electron chi connectivity index (χ0n) is 14.8. The molecular formula is C22H17N3O3. The molecule has 2 amide bonds. The van der Waals surface area contributed by atoms with Crippen LogP contribution in [-0.2, 0) is 0 Å². The van der Waals surface area contributed by atoms with Crippen molar-refractivity contribution in [2.24, 2.45) is 5.73 Å².